The summed E-state index contributed by atoms with van der Waals surface area (Å²) in [6.07, 6.45) is 2.53. The highest BCUT2D eigenvalue weighted by atomic mass is 35.5. The van der Waals surface area contributed by atoms with Crippen LogP contribution in [-0.2, 0) is 11.2 Å². The van der Waals surface area contributed by atoms with Gasteiger partial charge < -0.3 is 25.0 Å². The van der Waals surface area contributed by atoms with E-state index in [4.69, 9.17) is 21.4 Å². The van der Waals surface area contributed by atoms with Crippen molar-refractivity contribution >= 4 is 29.1 Å². The average molecular weight is 368 g/mol. The molecule has 25 heavy (non-hydrogen) atoms. The maximum absolute atomic E-state index is 14.8. The van der Waals surface area contributed by atoms with Crippen LogP contribution in [0.15, 0.2) is 18.0 Å². The van der Waals surface area contributed by atoms with Crippen molar-refractivity contribution in [2.24, 2.45) is 0 Å². The van der Waals surface area contributed by atoms with Gasteiger partial charge in [-0.3, -0.25) is 0 Å². The Morgan fingerprint density at radius 1 is 1.32 bits per heavy atom. The number of anilines is 2. The van der Waals surface area contributed by atoms with Gasteiger partial charge in [0.05, 0.1) is 16.4 Å². The second kappa shape index (κ2) is 6.38. The molecule has 134 valence electrons. The Bertz CT molecular complexity index is 745. The van der Waals surface area contributed by atoms with Gasteiger partial charge in [-0.25, -0.2) is 9.18 Å². The zero-order valence-corrected chi connectivity index (χ0v) is 14.4. The van der Waals surface area contributed by atoms with Crippen molar-refractivity contribution in [2.75, 3.05) is 36.0 Å². The Morgan fingerprint density at radius 2 is 2.04 bits per heavy atom. The van der Waals surface area contributed by atoms with E-state index in [-0.39, 0.29) is 24.0 Å². The van der Waals surface area contributed by atoms with E-state index in [0.717, 1.165) is 31.6 Å². The van der Waals surface area contributed by atoms with Gasteiger partial charge in [-0.15, -0.1) is 0 Å². The number of carbonyl (C=O) groups is 1. The molecular formula is C17H19ClFN3O3. The molecule has 2 heterocycles. The molecule has 3 aliphatic rings. The first kappa shape index (κ1) is 16.5. The summed E-state index contributed by atoms with van der Waals surface area (Å²) in [5.41, 5.74) is 1.87. The Balaban J connectivity index is 1.76. The number of allylic oxidation sites excluding steroid dienone is 1. The van der Waals surface area contributed by atoms with Gasteiger partial charge in [-0.2, -0.15) is 0 Å². The SMILES string of the molecule is O=C(O)OC1=CN(C2CC2)c2c(cc(F)c(N3CCNCC3)c2Cl)C1. The lowest BCUT2D eigenvalue weighted by atomic mass is 10.0. The Labute approximate surface area is 149 Å². The van der Waals surface area contributed by atoms with Crippen LogP contribution in [0.25, 0.3) is 0 Å². The maximum atomic E-state index is 14.8. The van der Waals surface area contributed by atoms with Gasteiger partial charge in [0.15, 0.2) is 0 Å². The fourth-order valence-corrected chi connectivity index (χ4v) is 3.94. The standard InChI is InChI=1S/C17H19ClFN3O3/c18-14-15-10(8-13(19)16(14)21-5-3-20-4-6-21)7-12(25-17(23)24)9-22(15)11-1-2-11/h8-9,11,20H,1-7H2,(H,23,24). The molecule has 0 spiro atoms. The number of ether oxygens (including phenoxy) is 1. The number of nitrogens with one attached hydrogen (secondary N) is 1. The van der Waals surface area contributed by atoms with Crippen molar-refractivity contribution in [3.63, 3.8) is 0 Å². The zero-order chi connectivity index (χ0) is 17.6. The van der Waals surface area contributed by atoms with Crippen molar-refractivity contribution in [3.8, 4) is 0 Å². The predicted octanol–water partition coefficient (Wildman–Crippen LogP) is 2.95. The number of rotatable bonds is 3. The summed E-state index contributed by atoms with van der Waals surface area (Å²) in [5, 5.41) is 12.5. The summed E-state index contributed by atoms with van der Waals surface area (Å²) in [6, 6.07) is 1.72. The Morgan fingerprint density at radius 3 is 2.68 bits per heavy atom. The highest BCUT2D eigenvalue weighted by Crippen LogP contribution is 2.47. The Kier molecular flexibility index (Phi) is 4.21. The largest absolute Gasteiger partial charge is 0.511 e. The van der Waals surface area contributed by atoms with Gasteiger partial charge in [0.1, 0.15) is 11.6 Å². The minimum atomic E-state index is -1.37. The lowest BCUT2D eigenvalue weighted by molar-refractivity contribution is 0.116. The van der Waals surface area contributed by atoms with Crippen LogP contribution in [0.3, 0.4) is 0 Å². The molecule has 1 aromatic rings. The summed E-state index contributed by atoms with van der Waals surface area (Å²) < 4.78 is 19.6. The van der Waals surface area contributed by atoms with E-state index >= 15 is 0 Å². The molecule has 0 amide bonds. The molecule has 4 rings (SSSR count). The number of benzene rings is 1. The van der Waals surface area contributed by atoms with Gasteiger partial charge in [0, 0.05) is 44.8 Å². The van der Waals surface area contributed by atoms with Crippen molar-refractivity contribution < 1.29 is 19.0 Å². The van der Waals surface area contributed by atoms with Crippen molar-refractivity contribution in [3.05, 3.63) is 34.4 Å². The maximum Gasteiger partial charge on any atom is 0.511 e. The van der Waals surface area contributed by atoms with Gasteiger partial charge in [-0.1, -0.05) is 11.6 Å². The number of hydrogen-bond acceptors (Lipinski definition) is 5. The van der Waals surface area contributed by atoms with Crippen LogP contribution in [0, 0.1) is 5.82 Å². The molecule has 0 bridgehead atoms. The molecule has 0 unspecified atom stereocenters. The molecule has 0 radical (unpaired) electrons. The smallest absolute Gasteiger partial charge is 0.449 e. The van der Waals surface area contributed by atoms with Crippen LogP contribution in [0.2, 0.25) is 5.02 Å². The molecule has 2 N–H and O–H groups in total. The van der Waals surface area contributed by atoms with Crippen LogP contribution in [0.5, 0.6) is 0 Å². The first-order chi connectivity index (χ1) is 12.0. The van der Waals surface area contributed by atoms with Crippen LogP contribution >= 0.6 is 11.6 Å². The quantitative estimate of drug-likeness (QED) is 0.801. The van der Waals surface area contributed by atoms with Crippen molar-refractivity contribution in [2.45, 2.75) is 25.3 Å². The minimum absolute atomic E-state index is 0.212. The molecule has 1 saturated carbocycles. The number of hydrogen-bond donors (Lipinski definition) is 2. The molecule has 1 saturated heterocycles. The molecule has 1 aromatic carbocycles. The number of piperazine rings is 1. The van der Waals surface area contributed by atoms with Gasteiger partial charge in [0.2, 0.25) is 0 Å². The van der Waals surface area contributed by atoms with E-state index in [1.807, 2.05) is 9.80 Å². The topological polar surface area (TPSA) is 65.0 Å². The summed E-state index contributed by atoms with van der Waals surface area (Å²) in [5.74, 6) is -0.0877. The monoisotopic (exact) mass is 367 g/mol. The van der Waals surface area contributed by atoms with Crippen molar-refractivity contribution in [1.29, 1.82) is 0 Å². The minimum Gasteiger partial charge on any atom is -0.449 e. The Hall–Kier alpha value is -1.99. The molecule has 6 nitrogen and oxygen atoms in total. The second-order valence-corrected chi connectivity index (χ2v) is 6.92. The number of fused-ring (bicyclic) bond motifs is 1. The lowest BCUT2D eigenvalue weighted by Gasteiger charge is -2.35. The highest BCUT2D eigenvalue weighted by molar-refractivity contribution is 6.36. The molecule has 2 fully saturated rings. The molecule has 2 aliphatic heterocycles. The zero-order valence-electron chi connectivity index (χ0n) is 13.6. The normalized spacial score (nSPS) is 20.2. The number of halogens is 2. The van der Waals surface area contributed by atoms with Gasteiger partial charge >= 0.3 is 6.16 Å². The molecule has 8 heteroatoms. The van der Waals surface area contributed by atoms with Crippen LogP contribution in [-0.4, -0.2) is 43.5 Å². The van der Waals surface area contributed by atoms with Crippen molar-refractivity contribution in [1.82, 2.24) is 5.32 Å². The highest BCUT2D eigenvalue weighted by Gasteiger charge is 2.36. The summed E-state index contributed by atoms with van der Waals surface area (Å²) in [7, 11) is 0. The summed E-state index contributed by atoms with van der Waals surface area (Å²) in [4.78, 5) is 14.8. The molecular weight excluding hydrogens is 349 g/mol. The van der Waals surface area contributed by atoms with Gasteiger partial charge in [-0.05, 0) is 24.5 Å². The van der Waals surface area contributed by atoms with E-state index in [1.165, 1.54) is 6.07 Å². The predicted molar refractivity (Wildman–Crippen MR) is 92.9 cm³/mol. The summed E-state index contributed by atoms with van der Waals surface area (Å²) >= 11 is 6.66. The number of nitrogens with zero attached hydrogens (tertiary/aromatic N) is 2. The van der Waals surface area contributed by atoms with E-state index < -0.39 is 6.16 Å². The van der Waals surface area contributed by atoms with E-state index in [9.17, 15) is 9.18 Å². The average Bonchev–Trinajstić information content (AvgIpc) is 3.39. The lowest BCUT2D eigenvalue weighted by Crippen LogP contribution is -2.44. The van der Waals surface area contributed by atoms with E-state index in [1.54, 1.807) is 6.20 Å². The third-order valence-electron chi connectivity index (χ3n) is 4.75. The van der Waals surface area contributed by atoms with E-state index in [2.05, 4.69) is 5.32 Å². The van der Waals surface area contributed by atoms with Crippen LogP contribution in [0.1, 0.15) is 18.4 Å². The first-order valence-electron chi connectivity index (χ1n) is 8.41. The molecule has 0 atom stereocenters. The third kappa shape index (κ3) is 3.14. The van der Waals surface area contributed by atoms with E-state index in [0.29, 0.717) is 29.4 Å². The summed E-state index contributed by atoms with van der Waals surface area (Å²) in [6.45, 7) is 2.97. The third-order valence-corrected chi connectivity index (χ3v) is 5.10. The fourth-order valence-electron chi connectivity index (χ4n) is 3.51. The fraction of sp³-hybridized carbons (Fsp3) is 0.471. The van der Waals surface area contributed by atoms with Gasteiger partial charge in [0.25, 0.3) is 0 Å². The first-order valence-corrected chi connectivity index (χ1v) is 8.78. The molecule has 1 aliphatic carbocycles. The number of carboxylic acid groups (broad SMARTS) is 1. The molecule has 0 aromatic heterocycles. The van der Waals surface area contributed by atoms with Crippen LogP contribution < -0.4 is 15.1 Å². The van der Waals surface area contributed by atoms with Crippen LogP contribution in [0.4, 0.5) is 20.6 Å². The second-order valence-electron chi connectivity index (χ2n) is 6.54.